The summed E-state index contributed by atoms with van der Waals surface area (Å²) in [5.41, 5.74) is 1.05. The topological polar surface area (TPSA) is 47.6 Å². The molecule has 0 saturated carbocycles. The number of rotatable bonds is 8. The first-order chi connectivity index (χ1) is 11.6. The van der Waals surface area contributed by atoms with Crippen LogP contribution in [-0.4, -0.2) is 25.7 Å². The number of carbonyl (C=O) groups is 1. The minimum atomic E-state index is -0.579. The van der Waals surface area contributed by atoms with Crippen molar-refractivity contribution in [2.45, 2.75) is 25.9 Å². The second-order valence-electron chi connectivity index (χ2n) is 5.46. The van der Waals surface area contributed by atoms with Crippen molar-refractivity contribution in [3.8, 4) is 11.5 Å². The third-order valence-electron chi connectivity index (χ3n) is 3.60. The van der Waals surface area contributed by atoms with Crippen LogP contribution in [0.2, 0.25) is 0 Å². The van der Waals surface area contributed by atoms with Crippen molar-refractivity contribution in [3.05, 3.63) is 59.9 Å². The SMILES string of the molecule is COc1ccc(O[C@H](C)C(=O)NCCCc2ccc(F)cc2)cc1. The van der Waals surface area contributed by atoms with Gasteiger partial charge in [0.05, 0.1) is 7.11 Å². The Kier molecular flexibility index (Phi) is 6.61. The number of benzene rings is 2. The first-order valence-electron chi connectivity index (χ1n) is 7.91. The number of nitrogens with one attached hydrogen (secondary N) is 1. The molecule has 0 aliphatic heterocycles. The smallest absolute Gasteiger partial charge is 0.260 e. The van der Waals surface area contributed by atoms with Crippen LogP contribution in [0.5, 0.6) is 11.5 Å². The van der Waals surface area contributed by atoms with Gasteiger partial charge in [0.25, 0.3) is 5.91 Å². The molecule has 0 aliphatic carbocycles. The van der Waals surface area contributed by atoms with Gasteiger partial charge in [-0.25, -0.2) is 4.39 Å². The summed E-state index contributed by atoms with van der Waals surface area (Å²) in [6, 6.07) is 13.5. The van der Waals surface area contributed by atoms with Gasteiger partial charge in [-0.1, -0.05) is 12.1 Å². The van der Waals surface area contributed by atoms with E-state index in [0.717, 1.165) is 24.2 Å². The van der Waals surface area contributed by atoms with E-state index in [1.807, 2.05) is 0 Å². The van der Waals surface area contributed by atoms with Crippen molar-refractivity contribution in [1.82, 2.24) is 5.32 Å². The average molecular weight is 331 g/mol. The van der Waals surface area contributed by atoms with E-state index < -0.39 is 6.10 Å². The molecule has 0 aromatic heterocycles. The van der Waals surface area contributed by atoms with E-state index in [4.69, 9.17) is 9.47 Å². The standard InChI is InChI=1S/C19H22FNO3/c1-14(24-18-11-9-17(23-2)10-12-18)19(22)21-13-3-4-15-5-7-16(20)8-6-15/h5-12,14H,3-4,13H2,1-2H3,(H,21,22)/t14-/m1/s1. The van der Waals surface area contributed by atoms with Gasteiger partial charge in [0.2, 0.25) is 0 Å². The fraction of sp³-hybridized carbons (Fsp3) is 0.316. The summed E-state index contributed by atoms with van der Waals surface area (Å²) in [4.78, 5) is 12.0. The predicted octanol–water partition coefficient (Wildman–Crippen LogP) is 3.35. The summed E-state index contributed by atoms with van der Waals surface area (Å²) < 4.78 is 23.5. The third-order valence-corrected chi connectivity index (χ3v) is 3.60. The van der Waals surface area contributed by atoms with Crippen molar-refractivity contribution in [3.63, 3.8) is 0 Å². The lowest BCUT2D eigenvalue weighted by atomic mass is 10.1. The largest absolute Gasteiger partial charge is 0.497 e. The number of hydrogen-bond donors (Lipinski definition) is 1. The van der Waals surface area contributed by atoms with E-state index in [1.165, 1.54) is 12.1 Å². The molecule has 4 nitrogen and oxygen atoms in total. The van der Waals surface area contributed by atoms with Crippen molar-refractivity contribution in [1.29, 1.82) is 0 Å². The Morgan fingerprint density at radius 2 is 1.71 bits per heavy atom. The molecule has 1 N–H and O–H groups in total. The second-order valence-corrected chi connectivity index (χ2v) is 5.46. The van der Waals surface area contributed by atoms with Crippen LogP contribution in [0.4, 0.5) is 4.39 Å². The highest BCUT2D eigenvalue weighted by Crippen LogP contribution is 2.18. The number of halogens is 1. The molecule has 2 rings (SSSR count). The van der Waals surface area contributed by atoms with E-state index in [1.54, 1.807) is 50.4 Å². The lowest BCUT2D eigenvalue weighted by molar-refractivity contribution is -0.127. The molecule has 2 aromatic rings. The van der Waals surface area contributed by atoms with Crippen molar-refractivity contribution < 1.29 is 18.7 Å². The second kappa shape index (κ2) is 8.91. The van der Waals surface area contributed by atoms with Gasteiger partial charge < -0.3 is 14.8 Å². The van der Waals surface area contributed by atoms with Gasteiger partial charge in [0.1, 0.15) is 17.3 Å². The first-order valence-corrected chi connectivity index (χ1v) is 7.91. The minimum absolute atomic E-state index is 0.162. The number of hydrogen-bond acceptors (Lipinski definition) is 3. The molecule has 5 heteroatoms. The first kappa shape index (κ1) is 17.8. The Bertz CT molecular complexity index is 641. The van der Waals surface area contributed by atoms with Gasteiger partial charge in [0.15, 0.2) is 6.10 Å². The van der Waals surface area contributed by atoms with Crippen molar-refractivity contribution >= 4 is 5.91 Å². The molecule has 128 valence electrons. The molecule has 0 unspecified atom stereocenters. The maximum absolute atomic E-state index is 12.8. The lowest BCUT2D eigenvalue weighted by Crippen LogP contribution is -2.36. The number of amides is 1. The Balaban J connectivity index is 1.70. The molecule has 0 saturated heterocycles. The molecule has 0 heterocycles. The Hall–Kier alpha value is -2.56. The Morgan fingerprint density at radius 1 is 1.08 bits per heavy atom. The van der Waals surface area contributed by atoms with Crippen LogP contribution >= 0.6 is 0 Å². The number of aryl methyl sites for hydroxylation is 1. The van der Waals surface area contributed by atoms with Crippen LogP contribution in [0.3, 0.4) is 0 Å². The molecule has 1 amide bonds. The van der Waals surface area contributed by atoms with Crippen LogP contribution in [0.15, 0.2) is 48.5 Å². The highest BCUT2D eigenvalue weighted by molar-refractivity contribution is 5.80. The molecule has 24 heavy (non-hydrogen) atoms. The molecular formula is C19H22FNO3. The fourth-order valence-corrected chi connectivity index (χ4v) is 2.21. The summed E-state index contributed by atoms with van der Waals surface area (Å²) in [5, 5.41) is 2.84. The van der Waals surface area contributed by atoms with Gasteiger partial charge in [-0.15, -0.1) is 0 Å². The quantitative estimate of drug-likeness (QED) is 0.755. The number of ether oxygens (including phenoxy) is 2. The molecule has 0 radical (unpaired) electrons. The normalized spacial score (nSPS) is 11.6. The molecule has 0 fully saturated rings. The summed E-state index contributed by atoms with van der Waals surface area (Å²) in [7, 11) is 1.60. The van der Waals surface area contributed by atoms with E-state index in [0.29, 0.717) is 12.3 Å². The van der Waals surface area contributed by atoms with E-state index in [-0.39, 0.29) is 11.7 Å². The maximum Gasteiger partial charge on any atom is 0.260 e. The molecule has 0 bridgehead atoms. The van der Waals surface area contributed by atoms with Crippen LogP contribution in [0, 0.1) is 5.82 Å². The summed E-state index contributed by atoms with van der Waals surface area (Å²) in [6.45, 7) is 2.26. The van der Waals surface area contributed by atoms with Gasteiger partial charge in [-0.3, -0.25) is 4.79 Å². The molecule has 1 atom stereocenters. The maximum atomic E-state index is 12.8. The van der Waals surface area contributed by atoms with Gasteiger partial charge in [0, 0.05) is 6.54 Å². The Morgan fingerprint density at radius 3 is 2.33 bits per heavy atom. The lowest BCUT2D eigenvalue weighted by Gasteiger charge is -2.15. The monoisotopic (exact) mass is 331 g/mol. The highest BCUT2D eigenvalue weighted by Gasteiger charge is 2.13. The molecule has 2 aromatic carbocycles. The van der Waals surface area contributed by atoms with Crippen LogP contribution in [-0.2, 0) is 11.2 Å². The third kappa shape index (κ3) is 5.57. The predicted molar refractivity (Wildman–Crippen MR) is 90.8 cm³/mol. The van der Waals surface area contributed by atoms with Crippen LogP contribution in [0.1, 0.15) is 18.9 Å². The zero-order chi connectivity index (χ0) is 17.4. The fourth-order valence-electron chi connectivity index (χ4n) is 2.21. The summed E-state index contributed by atoms with van der Waals surface area (Å²) in [5.74, 6) is 0.950. The Labute approximate surface area is 141 Å². The average Bonchev–Trinajstić information content (AvgIpc) is 2.60. The number of methoxy groups -OCH3 is 1. The summed E-state index contributed by atoms with van der Waals surface area (Å²) in [6.07, 6.45) is 0.991. The van der Waals surface area contributed by atoms with Crippen LogP contribution < -0.4 is 14.8 Å². The zero-order valence-electron chi connectivity index (χ0n) is 13.9. The molecular weight excluding hydrogens is 309 g/mol. The van der Waals surface area contributed by atoms with Crippen LogP contribution in [0.25, 0.3) is 0 Å². The summed E-state index contributed by atoms with van der Waals surface area (Å²) >= 11 is 0. The van der Waals surface area contributed by atoms with E-state index >= 15 is 0 Å². The molecule has 0 spiro atoms. The van der Waals surface area contributed by atoms with Gasteiger partial charge in [-0.2, -0.15) is 0 Å². The van der Waals surface area contributed by atoms with E-state index in [2.05, 4.69) is 5.32 Å². The minimum Gasteiger partial charge on any atom is -0.497 e. The number of carbonyl (C=O) groups excluding carboxylic acids is 1. The van der Waals surface area contributed by atoms with E-state index in [9.17, 15) is 9.18 Å². The molecule has 0 aliphatic rings. The van der Waals surface area contributed by atoms with Gasteiger partial charge in [-0.05, 0) is 61.7 Å². The highest BCUT2D eigenvalue weighted by atomic mass is 19.1. The zero-order valence-corrected chi connectivity index (χ0v) is 13.9. The van der Waals surface area contributed by atoms with Crippen molar-refractivity contribution in [2.75, 3.05) is 13.7 Å². The van der Waals surface area contributed by atoms with Gasteiger partial charge >= 0.3 is 0 Å². The van der Waals surface area contributed by atoms with Crippen molar-refractivity contribution in [2.24, 2.45) is 0 Å².